The maximum Gasteiger partial charge on any atom is 0.398 e. The van der Waals surface area contributed by atoms with Crippen LogP contribution in [0.3, 0.4) is 0 Å². The zero-order valence-electron chi connectivity index (χ0n) is 7.38. The van der Waals surface area contributed by atoms with Gasteiger partial charge in [0.05, 0.1) is 0 Å². The third-order valence-corrected chi connectivity index (χ3v) is 2.35. The lowest BCUT2D eigenvalue weighted by atomic mass is 9.95. The third kappa shape index (κ3) is 1.01. The van der Waals surface area contributed by atoms with E-state index in [9.17, 15) is 26.3 Å². The third-order valence-electron chi connectivity index (χ3n) is 2.35. The summed E-state index contributed by atoms with van der Waals surface area (Å²) in [6.45, 7) is 0.787. The summed E-state index contributed by atoms with van der Waals surface area (Å²) in [7, 11) is 0. The van der Waals surface area contributed by atoms with Crippen molar-refractivity contribution < 1.29 is 31.1 Å². The van der Waals surface area contributed by atoms with Gasteiger partial charge in [-0.2, -0.15) is 17.6 Å². The lowest BCUT2D eigenvalue weighted by Crippen LogP contribution is -2.53. The van der Waals surface area contributed by atoms with Gasteiger partial charge in [-0.05, 0) is 6.92 Å². The summed E-state index contributed by atoms with van der Waals surface area (Å²) in [6.07, 6.45) is -5.89. The van der Waals surface area contributed by atoms with Gasteiger partial charge < -0.3 is 0 Å². The van der Waals surface area contributed by atoms with Gasteiger partial charge in [-0.15, -0.1) is 0 Å². The molecule has 84 valence electrons. The van der Waals surface area contributed by atoms with Gasteiger partial charge in [-0.25, -0.2) is 8.78 Å². The lowest BCUT2D eigenvalue weighted by Gasteiger charge is -2.27. The Balaban J connectivity index is 3.25. The van der Waals surface area contributed by atoms with E-state index in [0.29, 0.717) is 0 Å². The highest BCUT2D eigenvalue weighted by Gasteiger charge is 2.84. The van der Waals surface area contributed by atoms with Crippen molar-refractivity contribution in [3.63, 3.8) is 0 Å². The Hall–Kier alpha value is -0.460. The monoisotopic (exact) mass is 222 g/mol. The molecule has 14 heavy (non-hydrogen) atoms. The molecule has 1 rings (SSSR count). The first-order valence-electron chi connectivity index (χ1n) is 3.85. The van der Waals surface area contributed by atoms with E-state index in [2.05, 4.69) is 4.74 Å². The van der Waals surface area contributed by atoms with Crippen molar-refractivity contribution in [3.8, 4) is 0 Å². The first kappa shape index (κ1) is 11.6. The standard InChI is InChI=1S/C7H8F6O/c1-3-5(9)6(10,11)4(2,8)7(12,13)14-5/h3H2,1-2H3. The number of rotatable bonds is 1. The van der Waals surface area contributed by atoms with Gasteiger partial charge in [0.1, 0.15) is 0 Å². The van der Waals surface area contributed by atoms with Gasteiger partial charge in [0, 0.05) is 6.42 Å². The van der Waals surface area contributed by atoms with Gasteiger partial charge in [0.15, 0.2) is 0 Å². The van der Waals surface area contributed by atoms with Crippen molar-refractivity contribution in [2.75, 3.05) is 0 Å². The summed E-state index contributed by atoms with van der Waals surface area (Å²) in [5.41, 5.74) is -4.34. The molecule has 2 unspecified atom stereocenters. The van der Waals surface area contributed by atoms with Crippen LogP contribution in [0.15, 0.2) is 0 Å². The van der Waals surface area contributed by atoms with Crippen LogP contribution in [0.1, 0.15) is 20.3 Å². The summed E-state index contributed by atoms with van der Waals surface area (Å²) in [6, 6.07) is 0. The highest BCUT2D eigenvalue weighted by Crippen LogP contribution is 2.60. The number of halogens is 6. The molecule has 0 spiro atoms. The molecule has 0 aromatic heterocycles. The lowest BCUT2D eigenvalue weighted by molar-refractivity contribution is -0.316. The Morgan fingerprint density at radius 1 is 1.00 bits per heavy atom. The van der Waals surface area contributed by atoms with Gasteiger partial charge in [-0.1, -0.05) is 6.92 Å². The molecule has 1 fully saturated rings. The first-order valence-corrected chi connectivity index (χ1v) is 3.85. The number of alkyl halides is 6. The molecule has 1 nitrogen and oxygen atoms in total. The summed E-state index contributed by atoms with van der Waals surface area (Å²) >= 11 is 0. The number of hydrogen-bond acceptors (Lipinski definition) is 1. The maximum absolute atomic E-state index is 13.1. The summed E-state index contributed by atoms with van der Waals surface area (Å²) in [5.74, 6) is -8.84. The van der Waals surface area contributed by atoms with E-state index in [1.54, 1.807) is 0 Å². The molecule has 0 aromatic rings. The van der Waals surface area contributed by atoms with Crippen LogP contribution in [-0.2, 0) is 4.74 Å². The van der Waals surface area contributed by atoms with Crippen LogP contribution >= 0.6 is 0 Å². The fourth-order valence-electron chi connectivity index (χ4n) is 1.19. The zero-order valence-corrected chi connectivity index (χ0v) is 7.38. The average Bonchev–Trinajstić information content (AvgIpc) is 2.09. The van der Waals surface area contributed by atoms with Gasteiger partial charge >= 0.3 is 12.0 Å². The minimum absolute atomic E-state index is 0.0794. The van der Waals surface area contributed by atoms with Crippen molar-refractivity contribution in [1.82, 2.24) is 0 Å². The van der Waals surface area contributed by atoms with Crippen LogP contribution in [0.5, 0.6) is 0 Å². The maximum atomic E-state index is 13.1. The molecule has 1 heterocycles. The molecule has 1 aliphatic rings. The molecule has 0 aliphatic carbocycles. The highest BCUT2D eigenvalue weighted by atomic mass is 19.3. The quantitative estimate of drug-likeness (QED) is 0.619. The first-order chi connectivity index (χ1) is 6.02. The molecule has 0 aromatic carbocycles. The van der Waals surface area contributed by atoms with E-state index in [1.807, 2.05) is 0 Å². The topological polar surface area (TPSA) is 9.23 Å². The van der Waals surface area contributed by atoms with Crippen molar-refractivity contribution in [2.45, 2.75) is 43.8 Å². The van der Waals surface area contributed by atoms with Crippen LogP contribution in [0.2, 0.25) is 0 Å². The minimum Gasteiger partial charge on any atom is -0.274 e. The van der Waals surface area contributed by atoms with E-state index < -0.39 is 30.0 Å². The molecule has 0 radical (unpaired) electrons. The molecule has 7 heteroatoms. The number of ether oxygens (including phenoxy) is 1. The van der Waals surface area contributed by atoms with E-state index in [4.69, 9.17) is 0 Å². The van der Waals surface area contributed by atoms with Gasteiger partial charge in [0.25, 0.3) is 11.5 Å². The summed E-state index contributed by atoms with van der Waals surface area (Å²) in [4.78, 5) is 0. The molecule has 2 atom stereocenters. The second kappa shape index (κ2) is 2.56. The molecular weight excluding hydrogens is 214 g/mol. The zero-order chi connectivity index (χ0) is 11.4. The van der Waals surface area contributed by atoms with Gasteiger partial charge in [0.2, 0.25) is 0 Å². The second-order valence-corrected chi connectivity index (χ2v) is 3.28. The number of hydrogen-bond donors (Lipinski definition) is 0. The van der Waals surface area contributed by atoms with Crippen LogP contribution in [0.25, 0.3) is 0 Å². The van der Waals surface area contributed by atoms with E-state index >= 15 is 0 Å². The SMILES string of the molecule is CCC1(F)OC(F)(F)C(C)(F)C1(F)F. The van der Waals surface area contributed by atoms with Crippen LogP contribution < -0.4 is 0 Å². The largest absolute Gasteiger partial charge is 0.398 e. The fraction of sp³-hybridized carbons (Fsp3) is 1.00. The molecule has 1 saturated heterocycles. The Morgan fingerprint density at radius 2 is 1.43 bits per heavy atom. The fourth-order valence-corrected chi connectivity index (χ4v) is 1.19. The summed E-state index contributed by atoms with van der Waals surface area (Å²) < 4.78 is 80.3. The predicted octanol–water partition coefficient (Wildman–Crippen LogP) is 3.05. The predicted molar refractivity (Wildman–Crippen MR) is 34.6 cm³/mol. The van der Waals surface area contributed by atoms with E-state index in [0.717, 1.165) is 6.92 Å². The Morgan fingerprint density at radius 3 is 1.57 bits per heavy atom. The van der Waals surface area contributed by atoms with Crippen molar-refractivity contribution >= 4 is 0 Å². The van der Waals surface area contributed by atoms with Crippen molar-refractivity contribution in [1.29, 1.82) is 0 Å². The van der Waals surface area contributed by atoms with E-state index in [1.165, 1.54) is 0 Å². The second-order valence-electron chi connectivity index (χ2n) is 3.28. The molecule has 0 saturated carbocycles. The van der Waals surface area contributed by atoms with Crippen LogP contribution in [0.4, 0.5) is 26.3 Å². The summed E-state index contributed by atoms with van der Waals surface area (Å²) in [5, 5.41) is 0. The molecular formula is C7H8F6O. The molecule has 0 bridgehead atoms. The smallest absolute Gasteiger partial charge is 0.274 e. The Kier molecular flexibility index (Phi) is 2.12. The minimum atomic E-state index is -4.88. The Labute approximate surface area is 76.0 Å². The highest BCUT2D eigenvalue weighted by molar-refractivity contribution is 5.10. The van der Waals surface area contributed by atoms with Crippen molar-refractivity contribution in [3.05, 3.63) is 0 Å². The molecule has 1 aliphatic heterocycles. The van der Waals surface area contributed by atoms with Gasteiger partial charge in [-0.3, -0.25) is 4.74 Å². The normalized spacial score (nSPS) is 45.4. The molecule has 0 N–H and O–H groups in total. The van der Waals surface area contributed by atoms with Crippen LogP contribution in [0, 0.1) is 0 Å². The Bertz CT molecular complexity index is 251. The van der Waals surface area contributed by atoms with E-state index in [-0.39, 0.29) is 6.92 Å². The van der Waals surface area contributed by atoms with Crippen molar-refractivity contribution in [2.24, 2.45) is 0 Å². The molecule has 0 amide bonds. The van der Waals surface area contributed by atoms with Crippen LogP contribution in [-0.4, -0.2) is 23.6 Å². The average molecular weight is 222 g/mol.